The van der Waals surface area contributed by atoms with Crippen LogP contribution in [0.25, 0.3) is 0 Å². The smallest absolute Gasteiger partial charge is 0.313 e. The molecule has 5 nitrogen and oxygen atoms in total. The van der Waals surface area contributed by atoms with Crippen molar-refractivity contribution in [3.8, 4) is 5.75 Å². The molecule has 0 radical (unpaired) electrons. The van der Waals surface area contributed by atoms with E-state index in [1.807, 2.05) is 0 Å². The third-order valence-corrected chi connectivity index (χ3v) is 3.48. The van der Waals surface area contributed by atoms with Crippen molar-refractivity contribution in [2.45, 2.75) is 37.6 Å². The average molecular weight is 268 g/mol. The summed E-state index contributed by atoms with van der Waals surface area (Å²) in [6, 6.07) is 3.28. The molecule has 0 amide bonds. The number of ether oxygens (including phenoxy) is 1. The van der Waals surface area contributed by atoms with Gasteiger partial charge in [0.2, 0.25) is 0 Å². The van der Waals surface area contributed by atoms with Crippen LogP contribution in [0.3, 0.4) is 0 Å². The van der Waals surface area contributed by atoms with E-state index in [2.05, 4.69) is 0 Å². The molecule has 0 aliphatic heterocycles. The molecule has 0 unspecified atom stereocenters. The Balaban J connectivity index is 2.08. The molecule has 1 saturated carbocycles. The lowest BCUT2D eigenvalue weighted by Crippen LogP contribution is -2.47. The Kier molecular flexibility index (Phi) is 3.99. The second-order valence-electron chi connectivity index (χ2n) is 5.08. The molecule has 0 spiro atoms. The van der Waals surface area contributed by atoms with Crippen LogP contribution in [-0.2, 0) is 0 Å². The Hall–Kier alpha value is -1.69. The number of nitrogens with zero attached hydrogens (tertiary/aromatic N) is 1. The van der Waals surface area contributed by atoms with E-state index >= 15 is 0 Å². The van der Waals surface area contributed by atoms with E-state index in [9.17, 15) is 14.5 Å². The van der Waals surface area contributed by atoms with E-state index in [4.69, 9.17) is 10.5 Å². The second-order valence-corrected chi connectivity index (χ2v) is 5.08. The van der Waals surface area contributed by atoms with E-state index in [0.717, 1.165) is 44.2 Å². The van der Waals surface area contributed by atoms with E-state index in [0.29, 0.717) is 0 Å². The Morgan fingerprint density at radius 1 is 1.37 bits per heavy atom. The Morgan fingerprint density at radius 2 is 2.05 bits per heavy atom. The number of nitro groups is 1. The van der Waals surface area contributed by atoms with Crippen LogP contribution in [0.15, 0.2) is 18.2 Å². The summed E-state index contributed by atoms with van der Waals surface area (Å²) in [7, 11) is 0. The molecule has 0 heterocycles. The highest BCUT2D eigenvalue weighted by Crippen LogP contribution is 2.31. The fraction of sp³-hybridized carbons (Fsp3) is 0.538. The third-order valence-electron chi connectivity index (χ3n) is 3.48. The normalized spacial score (nSPS) is 18.0. The lowest BCUT2D eigenvalue weighted by atomic mass is 9.83. The lowest BCUT2D eigenvalue weighted by Gasteiger charge is -2.32. The van der Waals surface area contributed by atoms with Crippen LogP contribution in [0.2, 0.25) is 0 Å². The molecule has 0 aromatic heterocycles. The Morgan fingerprint density at radius 3 is 2.68 bits per heavy atom. The summed E-state index contributed by atoms with van der Waals surface area (Å²) in [4.78, 5) is 10.2. The summed E-state index contributed by atoms with van der Waals surface area (Å²) in [5.74, 6) is -0.582. The van der Waals surface area contributed by atoms with Gasteiger partial charge in [0.15, 0.2) is 5.75 Å². The molecule has 104 valence electrons. The molecule has 1 aliphatic rings. The van der Waals surface area contributed by atoms with Gasteiger partial charge in [0.1, 0.15) is 12.4 Å². The van der Waals surface area contributed by atoms with Crippen molar-refractivity contribution < 1.29 is 14.1 Å². The van der Waals surface area contributed by atoms with Crippen molar-refractivity contribution in [3.05, 3.63) is 34.1 Å². The van der Waals surface area contributed by atoms with Gasteiger partial charge < -0.3 is 10.5 Å². The van der Waals surface area contributed by atoms with Crippen LogP contribution in [0.1, 0.15) is 32.1 Å². The molecular formula is C13H17FN2O3. The molecule has 2 rings (SSSR count). The van der Waals surface area contributed by atoms with Gasteiger partial charge in [-0.2, -0.15) is 0 Å². The van der Waals surface area contributed by atoms with Crippen LogP contribution in [0.4, 0.5) is 10.1 Å². The number of halogens is 1. The van der Waals surface area contributed by atoms with Gasteiger partial charge in [0.05, 0.1) is 16.5 Å². The van der Waals surface area contributed by atoms with Gasteiger partial charge >= 0.3 is 5.69 Å². The first kappa shape index (κ1) is 13.7. The summed E-state index contributed by atoms with van der Waals surface area (Å²) in [6.45, 7) is 0.222. The Labute approximate surface area is 110 Å². The molecule has 1 aromatic carbocycles. The van der Waals surface area contributed by atoms with Gasteiger partial charge in [-0.3, -0.25) is 10.1 Å². The monoisotopic (exact) mass is 268 g/mol. The first-order valence-corrected chi connectivity index (χ1v) is 6.36. The van der Waals surface area contributed by atoms with Gasteiger partial charge in [0, 0.05) is 0 Å². The number of hydrogen-bond acceptors (Lipinski definition) is 4. The maximum atomic E-state index is 13.0. The zero-order chi connectivity index (χ0) is 13.9. The molecule has 1 aliphatic carbocycles. The van der Waals surface area contributed by atoms with Gasteiger partial charge in [-0.1, -0.05) is 19.3 Å². The summed E-state index contributed by atoms with van der Waals surface area (Å²) < 4.78 is 18.5. The zero-order valence-corrected chi connectivity index (χ0v) is 10.6. The quantitative estimate of drug-likeness (QED) is 0.672. The van der Waals surface area contributed by atoms with E-state index in [1.54, 1.807) is 0 Å². The maximum Gasteiger partial charge on any atom is 0.313 e. The highest BCUT2D eigenvalue weighted by molar-refractivity contribution is 5.46. The van der Waals surface area contributed by atoms with Crippen LogP contribution in [0, 0.1) is 15.9 Å². The molecular weight excluding hydrogens is 251 g/mol. The SMILES string of the molecule is NC1(COc2ccc(F)cc2[N+](=O)[O-])CCCCC1. The molecule has 1 aromatic rings. The fourth-order valence-corrected chi connectivity index (χ4v) is 2.38. The molecule has 1 fully saturated rings. The minimum absolute atomic E-state index is 0.0711. The topological polar surface area (TPSA) is 78.4 Å². The van der Waals surface area contributed by atoms with Crippen LogP contribution in [-0.4, -0.2) is 17.1 Å². The van der Waals surface area contributed by atoms with Crippen molar-refractivity contribution in [2.24, 2.45) is 5.73 Å². The largest absolute Gasteiger partial charge is 0.485 e. The molecule has 0 atom stereocenters. The highest BCUT2D eigenvalue weighted by Gasteiger charge is 2.29. The standard InChI is InChI=1S/C13H17FN2O3/c14-10-4-5-12(11(8-10)16(17)18)19-9-13(15)6-2-1-3-7-13/h4-5,8H,1-3,6-7,9,15H2. The van der Waals surface area contributed by atoms with E-state index < -0.39 is 16.3 Å². The molecule has 0 bridgehead atoms. The van der Waals surface area contributed by atoms with Crippen molar-refractivity contribution in [2.75, 3.05) is 6.61 Å². The van der Waals surface area contributed by atoms with Gasteiger partial charge in [-0.15, -0.1) is 0 Å². The predicted octanol–water partition coefficient (Wildman–Crippen LogP) is 2.77. The van der Waals surface area contributed by atoms with Crippen LogP contribution < -0.4 is 10.5 Å². The van der Waals surface area contributed by atoms with Crippen molar-refractivity contribution in [3.63, 3.8) is 0 Å². The van der Waals surface area contributed by atoms with E-state index in [-0.39, 0.29) is 18.0 Å². The van der Waals surface area contributed by atoms with Gasteiger partial charge in [-0.25, -0.2) is 4.39 Å². The average Bonchev–Trinajstić information content (AvgIpc) is 2.38. The number of nitro benzene ring substituents is 1. The Bertz CT molecular complexity index is 473. The zero-order valence-electron chi connectivity index (χ0n) is 10.6. The number of hydrogen-bond donors (Lipinski definition) is 1. The summed E-state index contributed by atoms with van der Waals surface area (Å²) >= 11 is 0. The van der Waals surface area contributed by atoms with Crippen LogP contribution >= 0.6 is 0 Å². The maximum absolute atomic E-state index is 13.0. The molecule has 0 saturated heterocycles. The third kappa shape index (κ3) is 3.41. The minimum atomic E-state index is -0.654. The molecule has 19 heavy (non-hydrogen) atoms. The van der Waals surface area contributed by atoms with Gasteiger partial charge in [0.25, 0.3) is 0 Å². The van der Waals surface area contributed by atoms with Crippen molar-refractivity contribution in [1.29, 1.82) is 0 Å². The van der Waals surface area contributed by atoms with Crippen molar-refractivity contribution >= 4 is 5.69 Å². The summed E-state index contributed by atoms with van der Waals surface area (Å²) in [5, 5.41) is 10.8. The lowest BCUT2D eigenvalue weighted by molar-refractivity contribution is -0.386. The first-order chi connectivity index (χ1) is 9.00. The van der Waals surface area contributed by atoms with Crippen molar-refractivity contribution in [1.82, 2.24) is 0 Å². The summed E-state index contributed by atoms with van der Waals surface area (Å²) in [5.41, 5.74) is 5.40. The predicted molar refractivity (Wildman–Crippen MR) is 68.6 cm³/mol. The number of rotatable bonds is 4. The minimum Gasteiger partial charge on any atom is -0.485 e. The van der Waals surface area contributed by atoms with Crippen LogP contribution in [0.5, 0.6) is 5.75 Å². The number of nitrogens with two attached hydrogens (primary N) is 1. The first-order valence-electron chi connectivity index (χ1n) is 6.36. The van der Waals surface area contributed by atoms with Gasteiger partial charge in [-0.05, 0) is 25.0 Å². The molecule has 6 heteroatoms. The molecule has 2 N–H and O–H groups in total. The second kappa shape index (κ2) is 5.52. The van der Waals surface area contributed by atoms with E-state index in [1.165, 1.54) is 6.07 Å². The number of benzene rings is 1. The summed E-state index contributed by atoms with van der Waals surface area (Å²) in [6.07, 6.45) is 4.95. The highest BCUT2D eigenvalue weighted by atomic mass is 19.1. The fourth-order valence-electron chi connectivity index (χ4n) is 2.38.